The van der Waals surface area contributed by atoms with Crippen LogP contribution in [-0.4, -0.2) is 59.2 Å². The highest BCUT2D eigenvalue weighted by Gasteiger charge is 2.25. The molecule has 3 heterocycles. The van der Waals surface area contributed by atoms with E-state index in [1.54, 1.807) is 24.4 Å². The first kappa shape index (κ1) is 19.5. The number of hydrogen-bond donors (Lipinski definition) is 1. The number of anilines is 1. The molecule has 1 aromatic heterocycles. The van der Waals surface area contributed by atoms with Crippen molar-refractivity contribution in [1.29, 1.82) is 0 Å². The molecule has 1 N–H and O–H groups in total. The fourth-order valence-corrected chi connectivity index (χ4v) is 4.00. The van der Waals surface area contributed by atoms with Crippen LogP contribution in [0.3, 0.4) is 0 Å². The summed E-state index contributed by atoms with van der Waals surface area (Å²) in [6.07, 6.45) is 5.82. The van der Waals surface area contributed by atoms with Gasteiger partial charge in [0.2, 0.25) is 0 Å². The van der Waals surface area contributed by atoms with Gasteiger partial charge in [-0.25, -0.2) is 9.37 Å². The number of aromatic nitrogens is 2. The molecule has 0 spiro atoms. The normalized spacial score (nSPS) is 19.5. The maximum atomic E-state index is 14.6. The number of nitrogens with one attached hydrogen (secondary N) is 1. The Morgan fingerprint density at radius 3 is 2.83 bits per heavy atom. The monoisotopic (exact) mass is 413 g/mol. The third-order valence-corrected chi connectivity index (χ3v) is 5.68. The minimum absolute atomic E-state index is 0.279. The second kappa shape index (κ2) is 8.30. The van der Waals surface area contributed by atoms with E-state index in [0.29, 0.717) is 16.8 Å². The predicted octanol–water partition coefficient (Wildman–Crippen LogP) is 2.75. The lowest BCUT2D eigenvalue weighted by Crippen LogP contribution is -2.29. The summed E-state index contributed by atoms with van der Waals surface area (Å²) in [4.78, 5) is 36.7. The fraction of sp³-hybridized carbons (Fsp3) is 0.300. The molecule has 0 bridgehead atoms. The number of carbonyl (C=O) groups is 2. The van der Waals surface area contributed by atoms with Crippen LogP contribution in [0.25, 0.3) is 17.3 Å². The summed E-state index contributed by atoms with van der Waals surface area (Å²) in [6, 6.07) is 4.50. The lowest BCUT2D eigenvalue weighted by atomic mass is 10.1. The molecule has 7 nitrogen and oxygen atoms in total. The van der Waals surface area contributed by atoms with Crippen molar-refractivity contribution in [3.8, 4) is 11.3 Å². The van der Waals surface area contributed by atoms with E-state index < -0.39 is 17.0 Å². The number of nitrogens with zero attached hydrogens (tertiary/aromatic N) is 4. The van der Waals surface area contributed by atoms with Gasteiger partial charge in [0.25, 0.3) is 11.1 Å². The smallest absolute Gasteiger partial charge is 0.290 e. The number of rotatable bonds is 3. The second-order valence-corrected chi connectivity index (χ2v) is 8.01. The Morgan fingerprint density at radius 1 is 1.17 bits per heavy atom. The average Bonchev–Trinajstić information content (AvgIpc) is 2.89. The van der Waals surface area contributed by atoms with Crippen molar-refractivity contribution in [2.45, 2.75) is 6.42 Å². The van der Waals surface area contributed by atoms with Gasteiger partial charge in [0.05, 0.1) is 23.0 Å². The van der Waals surface area contributed by atoms with Crippen molar-refractivity contribution in [2.24, 2.45) is 0 Å². The summed E-state index contributed by atoms with van der Waals surface area (Å²) in [6.45, 7) is 3.67. The zero-order valence-corrected chi connectivity index (χ0v) is 16.7. The molecule has 0 radical (unpaired) electrons. The van der Waals surface area contributed by atoms with Gasteiger partial charge in [0.1, 0.15) is 11.6 Å². The minimum Gasteiger partial charge on any atom is -0.354 e. The number of amides is 2. The Labute approximate surface area is 172 Å². The summed E-state index contributed by atoms with van der Waals surface area (Å²) >= 11 is 0.827. The van der Waals surface area contributed by atoms with Gasteiger partial charge >= 0.3 is 0 Å². The summed E-state index contributed by atoms with van der Waals surface area (Å²) in [5, 5.41) is 1.80. The quantitative estimate of drug-likeness (QED) is 0.775. The number of imide groups is 1. The van der Waals surface area contributed by atoms with Crippen molar-refractivity contribution in [3.63, 3.8) is 0 Å². The molecule has 2 fully saturated rings. The predicted molar refractivity (Wildman–Crippen MR) is 111 cm³/mol. The van der Waals surface area contributed by atoms with Crippen LogP contribution in [0.15, 0.2) is 35.5 Å². The van der Waals surface area contributed by atoms with E-state index >= 15 is 0 Å². The molecule has 4 rings (SSSR count). The molecular weight excluding hydrogens is 393 g/mol. The van der Waals surface area contributed by atoms with E-state index in [1.807, 2.05) is 0 Å². The third kappa shape index (κ3) is 4.46. The molecule has 9 heteroatoms. The van der Waals surface area contributed by atoms with Crippen LogP contribution in [-0.2, 0) is 4.79 Å². The number of likely N-dealkylation sites (N-methyl/N-ethyl adjacent to an activating group) is 1. The van der Waals surface area contributed by atoms with Crippen LogP contribution in [0.1, 0.15) is 12.0 Å². The van der Waals surface area contributed by atoms with E-state index in [9.17, 15) is 14.0 Å². The number of hydrogen-bond acceptors (Lipinski definition) is 7. The zero-order chi connectivity index (χ0) is 20.4. The molecule has 0 unspecified atom stereocenters. The summed E-state index contributed by atoms with van der Waals surface area (Å²) in [5.74, 6) is -0.148. The largest absolute Gasteiger partial charge is 0.354 e. The topological polar surface area (TPSA) is 78.4 Å². The molecule has 2 aromatic rings. The van der Waals surface area contributed by atoms with Gasteiger partial charge < -0.3 is 9.80 Å². The Hall–Kier alpha value is -2.78. The molecule has 0 aliphatic carbocycles. The Bertz CT molecular complexity index is 997. The summed E-state index contributed by atoms with van der Waals surface area (Å²) < 4.78 is 14.6. The third-order valence-electron chi connectivity index (χ3n) is 4.87. The lowest BCUT2D eigenvalue weighted by Gasteiger charge is -2.21. The number of benzene rings is 1. The molecule has 2 amide bonds. The highest BCUT2D eigenvalue weighted by Crippen LogP contribution is 2.29. The molecule has 2 saturated heterocycles. The van der Waals surface area contributed by atoms with Gasteiger partial charge in [-0.1, -0.05) is 6.07 Å². The van der Waals surface area contributed by atoms with Gasteiger partial charge in [-0.05, 0) is 55.5 Å². The minimum atomic E-state index is -0.446. The zero-order valence-electron chi connectivity index (χ0n) is 15.9. The number of halogens is 1. The number of carbonyl (C=O) groups excluding carboxylic acids is 2. The van der Waals surface area contributed by atoms with Crippen LogP contribution >= 0.6 is 11.8 Å². The van der Waals surface area contributed by atoms with E-state index in [1.165, 1.54) is 12.3 Å². The van der Waals surface area contributed by atoms with Gasteiger partial charge in [-0.3, -0.25) is 19.9 Å². The van der Waals surface area contributed by atoms with E-state index in [-0.39, 0.29) is 4.91 Å². The molecule has 150 valence electrons. The van der Waals surface area contributed by atoms with Crippen LogP contribution < -0.4 is 10.2 Å². The van der Waals surface area contributed by atoms with Gasteiger partial charge in [-0.15, -0.1) is 0 Å². The van der Waals surface area contributed by atoms with Gasteiger partial charge in [0.15, 0.2) is 0 Å². The van der Waals surface area contributed by atoms with E-state index in [0.717, 1.165) is 50.2 Å². The summed E-state index contributed by atoms with van der Waals surface area (Å²) in [5.41, 5.74) is 1.34. The SMILES string of the molecule is CN1CCCN(c2cncc(-c3cc(C=C4SC(=O)NC4=O)ccc3F)n2)CC1. The molecule has 0 saturated carbocycles. The Kier molecular flexibility index (Phi) is 5.59. The van der Waals surface area contributed by atoms with Crippen molar-refractivity contribution in [3.05, 3.63) is 46.9 Å². The molecule has 2 aliphatic heterocycles. The van der Waals surface area contributed by atoms with Crippen molar-refractivity contribution in [1.82, 2.24) is 20.2 Å². The maximum absolute atomic E-state index is 14.6. The maximum Gasteiger partial charge on any atom is 0.290 e. The lowest BCUT2D eigenvalue weighted by molar-refractivity contribution is -0.115. The fourth-order valence-electron chi connectivity index (χ4n) is 3.31. The van der Waals surface area contributed by atoms with Crippen molar-refractivity contribution in [2.75, 3.05) is 38.1 Å². The van der Waals surface area contributed by atoms with E-state index in [4.69, 9.17) is 0 Å². The van der Waals surface area contributed by atoms with Gasteiger partial charge in [0, 0.05) is 25.2 Å². The first-order valence-electron chi connectivity index (χ1n) is 9.30. The number of thioether (sulfide) groups is 1. The van der Waals surface area contributed by atoms with Crippen molar-refractivity contribution >= 4 is 34.8 Å². The van der Waals surface area contributed by atoms with Crippen LogP contribution in [0.5, 0.6) is 0 Å². The summed E-state index contributed by atoms with van der Waals surface area (Å²) in [7, 11) is 2.09. The van der Waals surface area contributed by atoms with Crippen LogP contribution in [0.2, 0.25) is 0 Å². The second-order valence-electron chi connectivity index (χ2n) is 7.00. The highest BCUT2D eigenvalue weighted by molar-refractivity contribution is 8.18. The Morgan fingerprint density at radius 2 is 2.03 bits per heavy atom. The molecule has 1 aromatic carbocycles. The molecule has 29 heavy (non-hydrogen) atoms. The first-order valence-corrected chi connectivity index (χ1v) is 10.1. The highest BCUT2D eigenvalue weighted by atomic mass is 32.2. The molecular formula is C20H20FN5O2S. The van der Waals surface area contributed by atoms with Crippen molar-refractivity contribution < 1.29 is 14.0 Å². The van der Waals surface area contributed by atoms with E-state index in [2.05, 4.69) is 32.1 Å². The average molecular weight is 413 g/mol. The Balaban J connectivity index is 1.64. The first-order chi connectivity index (χ1) is 14.0. The molecule has 0 atom stereocenters. The van der Waals surface area contributed by atoms with Crippen LogP contribution in [0.4, 0.5) is 15.0 Å². The molecule has 2 aliphatic rings. The standard InChI is InChI=1S/C20H20FN5O2S/c1-25-5-2-6-26(8-7-25)18-12-22-11-16(23-18)14-9-13(3-4-15(14)21)10-17-19(27)24-20(28)29-17/h3-4,9-12H,2,5-8H2,1H3,(H,24,27,28). The van der Waals surface area contributed by atoms with Crippen LogP contribution in [0, 0.1) is 5.82 Å². The van der Waals surface area contributed by atoms with Gasteiger partial charge in [-0.2, -0.15) is 0 Å².